The van der Waals surface area contributed by atoms with Crippen molar-refractivity contribution in [2.24, 2.45) is 0 Å². The Bertz CT molecular complexity index is 748. The minimum absolute atomic E-state index is 0.132. The summed E-state index contributed by atoms with van der Waals surface area (Å²) in [5, 5.41) is 3.62. The molecule has 2 heterocycles. The first kappa shape index (κ1) is 17.6. The first-order chi connectivity index (χ1) is 12.1. The Morgan fingerprint density at radius 2 is 2.28 bits per heavy atom. The van der Waals surface area contributed by atoms with E-state index in [0.717, 1.165) is 44.3 Å². The second-order valence-electron chi connectivity index (χ2n) is 6.72. The Morgan fingerprint density at radius 1 is 1.44 bits per heavy atom. The van der Waals surface area contributed by atoms with Gasteiger partial charge in [0.25, 0.3) is 5.56 Å². The third-order valence-electron chi connectivity index (χ3n) is 4.73. The molecule has 0 spiro atoms. The molecule has 25 heavy (non-hydrogen) atoms. The Morgan fingerprint density at radius 3 is 3.08 bits per heavy atom. The van der Waals surface area contributed by atoms with Crippen LogP contribution in [0.2, 0.25) is 0 Å². The van der Waals surface area contributed by atoms with Gasteiger partial charge in [-0.2, -0.15) is 0 Å². The number of anilines is 1. The fourth-order valence-electron chi connectivity index (χ4n) is 3.43. The van der Waals surface area contributed by atoms with Gasteiger partial charge in [0.2, 0.25) is 0 Å². The van der Waals surface area contributed by atoms with Gasteiger partial charge < -0.3 is 15.2 Å². The molecule has 0 aliphatic carbocycles. The van der Waals surface area contributed by atoms with Gasteiger partial charge in [-0.3, -0.25) is 4.79 Å². The number of hydrogen-bond donors (Lipinski definition) is 2. The van der Waals surface area contributed by atoms with Crippen LogP contribution in [0.15, 0.2) is 41.5 Å². The summed E-state index contributed by atoms with van der Waals surface area (Å²) in [7, 11) is 0. The lowest BCUT2D eigenvalue weighted by molar-refractivity contribution is 0.371. The summed E-state index contributed by atoms with van der Waals surface area (Å²) in [5.41, 5.74) is 0.622. The third-order valence-corrected chi connectivity index (χ3v) is 4.73. The standard InChI is InChI=1S/C19H25FN4O/c1-14(8-9-15-5-2-3-7-17(15)20)23-16-6-4-12-24(13-16)18-19(25)22-11-10-21-18/h2-3,5,7,10-11,14,16,23H,4,6,8-9,12-13H2,1H3,(H,22,25)/t14-,16-/m1/s1. The van der Waals surface area contributed by atoms with Gasteiger partial charge in [-0.05, 0) is 44.2 Å². The zero-order valence-corrected chi connectivity index (χ0v) is 14.5. The lowest BCUT2D eigenvalue weighted by Gasteiger charge is -2.35. The average Bonchev–Trinajstić information content (AvgIpc) is 2.62. The second kappa shape index (κ2) is 8.25. The van der Waals surface area contributed by atoms with E-state index in [-0.39, 0.29) is 17.4 Å². The van der Waals surface area contributed by atoms with Gasteiger partial charge in [0.15, 0.2) is 5.82 Å². The molecule has 2 N–H and O–H groups in total. The minimum atomic E-state index is -0.143. The van der Waals surface area contributed by atoms with Gasteiger partial charge in [-0.15, -0.1) is 0 Å². The van der Waals surface area contributed by atoms with Gasteiger partial charge in [0, 0.05) is 37.6 Å². The lowest BCUT2D eigenvalue weighted by atomic mass is 10.0. The molecule has 2 aromatic rings. The van der Waals surface area contributed by atoms with Crippen LogP contribution in [0.5, 0.6) is 0 Å². The third kappa shape index (κ3) is 4.66. The fraction of sp³-hybridized carbons (Fsp3) is 0.474. The van der Waals surface area contributed by atoms with E-state index in [9.17, 15) is 9.18 Å². The van der Waals surface area contributed by atoms with E-state index >= 15 is 0 Å². The zero-order chi connectivity index (χ0) is 17.6. The summed E-state index contributed by atoms with van der Waals surface area (Å²) >= 11 is 0. The summed E-state index contributed by atoms with van der Waals surface area (Å²) in [6, 6.07) is 7.54. The van der Waals surface area contributed by atoms with E-state index in [1.54, 1.807) is 18.5 Å². The summed E-state index contributed by atoms with van der Waals surface area (Å²) in [5.74, 6) is 0.362. The average molecular weight is 344 g/mol. The fourth-order valence-corrected chi connectivity index (χ4v) is 3.43. The predicted octanol–water partition coefficient (Wildman–Crippen LogP) is 2.49. The first-order valence-corrected chi connectivity index (χ1v) is 8.91. The van der Waals surface area contributed by atoms with Crippen molar-refractivity contribution in [1.29, 1.82) is 0 Å². The Balaban J connectivity index is 1.53. The highest BCUT2D eigenvalue weighted by Crippen LogP contribution is 2.16. The van der Waals surface area contributed by atoms with Crippen LogP contribution in [0.25, 0.3) is 0 Å². The SMILES string of the molecule is C[C@H](CCc1ccccc1F)N[C@@H]1CCCN(c2ncc[nH]c2=O)C1. The molecule has 0 bridgehead atoms. The van der Waals surface area contributed by atoms with Gasteiger partial charge >= 0.3 is 0 Å². The van der Waals surface area contributed by atoms with Crippen LogP contribution in [-0.4, -0.2) is 35.1 Å². The quantitative estimate of drug-likeness (QED) is 0.845. The summed E-state index contributed by atoms with van der Waals surface area (Å²) in [4.78, 5) is 20.9. The normalized spacial score (nSPS) is 19.0. The van der Waals surface area contributed by atoms with Crippen molar-refractivity contribution in [3.63, 3.8) is 0 Å². The highest BCUT2D eigenvalue weighted by molar-refractivity contribution is 5.36. The number of halogens is 1. The second-order valence-corrected chi connectivity index (χ2v) is 6.72. The van der Waals surface area contributed by atoms with E-state index in [1.165, 1.54) is 6.07 Å². The number of rotatable bonds is 6. The van der Waals surface area contributed by atoms with Crippen molar-refractivity contribution in [2.75, 3.05) is 18.0 Å². The van der Waals surface area contributed by atoms with Crippen LogP contribution in [0, 0.1) is 5.82 Å². The number of nitrogens with zero attached hydrogens (tertiary/aromatic N) is 2. The zero-order valence-electron chi connectivity index (χ0n) is 14.5. The topological polar surface area (TPSA) is 61.0 Å². The van der Waals surface area contributed by atoms with E-state index < -0.39 is 0 Å². The van der Waals surface area contributed by atoms with Crippen molar-refractivity contribution < 1.29 is 4.39 Å². The highest BCUT2D eigenvalue weighted by Gasteiger charge is 2.23. The van der Waals surface area contributed by atoms with Gasteiger partial charge in [-0.25, -0.2) is 9.37 Å². The Hall–Kier alpha value is -2.21. The molecule has 134 valence electrons. The molecule has 1 aromatic carbocycles. The molecule has 5 nitrogen and oxygen atoms in total. The molecule has 6 heteroatoms. The molecule has 2 atom stereocenters. The van der Waals surface area contributed by atoms with Crippen molar-refractivity contribution in [1.82, 2.24) is 15.3 Å². The molecular weight excluding hydrogens is 319 g/mol. The highest BCUT2D eigenvalue weighted by atomic mass is 19.1. The molecular formula is C19H25FN4O. The van der Waals surface area contributed by atoms with Crippen LogP contribution >= 0.6 is 0 Å². The van der Waals surface area contributed by atoms with E-state index in [1.807, 2.05) is 17.0 Å². The van der Waals surface area contributed by atoms with E-state index in [2.05, 4.69) is 22.2 Å². The van der Waals surface area contributed by atoms with Gasteiger partial charge in [0.05, 0.1) is 0 Å². The Kier molecular flexibility index (Phi) is 5.81. The number of aryl methyl sites for hydroxylation is 1. The maximum atomic E-state index is 13.7. The molecule has 0 saturated carbocycles. The van der Waals surface area contributed by atoms with Crippen molar-refractivity contribution in [2.45, 2.75) is 44.7 Å². The van der Waals surface area contributed by atoms with Crippen molar-refractivity contribution >= 4 is 5.82 Å². The number of aromatic amines is 1. The summed E-state index contributed by atoms with van der Waals surface area (Å²) in [6.45, 7) is 3.75. The smallest absolute Gasteiger partial charge is 0.290 e. The Labute approximate surface area is 147 Å². The molecule has 0 radical (unpaired) electrons. The van der Waals surface area contributed by atoms with E-state index in [4.69, 9.17) is 0 Å². The maximum Gasteiger partial charge on any atom is 0.290 e. The van der Waals surface area contributed by atoms with E-state index in [0.29, 0.717) is 11.9 Å². The van der Waals surface area contributed by atoms with Crippen LogP contribution < -0.4 is 15.8 Å². The molecule has 1 aromatic heterocycles. The molecule has 0 unspecified atom stereocenters. The summed E-state index contributed by atoms with van der Waals surface area (Å²) in [6.07, 6.45) is 6.86. The number of H-pyrrole nitrogens is 1. The molecule has 1 saturated heterocycles. The monoisotopic (exact) mass is 344 g/mol. The minimum Gasteiger partial charge on any atom is -0.350 e. The van der Waals surface area contributed by atoms with Crippen LogP contribution in [0.3, 0.4) is 0 Å². The lowest BCUT2D eigenvalue weighted by Crippen LogP contribution is -2.50. The molecule has 3 rings (SSSR count). The van der Waals surface area contributed by atoms with Gasteiger partial charge in [-0.1, -0.05) is 18.2 Å². The molecule has 0 amide bonds. The maximum absolute atomic E-state index is 13.7. The van der Waals surface area contributed by atoms with Gasteiger partial charge in [0.1, 0.15) is 5.82 Å². The predicted molar refractivity (Wildman–Crippen MR) is 97.4 cm³/mol. The largest absolute Gasteiger partial charge is 0.350 e. The number of benzene rings is 1. The van der Waals surface area contributed by atoms with Crippen LogP contribution in [0.1, 0.15) is 31.7 Å². The van der Waals surface area contributed by atoms with Crippen LogP contribution in [0.4, 0.5) is 10.2 Å². The first-order valence-electron chi connectivity index (χ1n) is 8.91. The van der Waals surface area contributed by atoms with Crippen molar-refractivity contribution in [3.05, 3.63) is 58.4 Å². The van der Waals surface area contributed by atoms with Crippen LogP contribution in [-0.2, 0) is 6.42 Å². The summed E-state index contributed by atoms with van der Waals surface area (Å²) < 4.78 is 13.7. The number of hydrogen-bond acceptors (Lipinski definition) is 4. The molecule has 1 aliphatic heterocycles. The van der Waals surface area contributed by atoms with Crippen molar-refractivity contribution in [3.8, 4) is 0 Å². The number of nitrogens with one attached hydrogen (secondary N) is 2. The molecule has 1 aliphatic rings. The number of aromatic nitrogens is 2. The molecule has 1 fully saturated rings. The number of piperidine rings is 1.